The molecule has 1 aromatic rings. The summed E-state index contributed by atoms with van der Waals surface area (Å²) in [5, 5.41) is 9.80. The maximum atomic E-state index is 14.5. The molecule has 0 saturated carbocycles. The minimum Gasteiger partial charge on any atom is -0.465 e. The van der Waals surface area contributed by atoms with Crippen LogP contribution in [0.2, 0.25) is 0 Å². The zero-order valence-corrected chi connectivity index (χ0v) is 23.5. The van der Waals surface area contributed by atoms with E-state index in [1.807, 2.05) is 25.7 Å². The summed E-state index contributed by atoms with van der Waals surface area (Å²) in [6, 6.07) is 0.909. The van der Waals surface area contributed by atoms with E-state index < -0.39 is 17.4 Å². The molecule has 2 saturated heterocycles. The second-order valence-electron chi connectivity index (χ2n) is 11.6. The number of nitrogens with zero attached hydrogens (tertiary/aromatic N) is 5. The molecule has 1 aromatic heterocycles. The molecule has 0 aliphatic carbocycles. The molecule has 2 fully saturated rings. The number of piperazine rings is 1. The zero-order valence-electron chi connectivity index (χ0n) is 23.5. The van der Waals surface area contributed by atoms with E-state index >= 15 is 0 Å². The van der Waals surface area contributed by atoms with E-state index in [9.17, 15) is 23.5 Å². The van der Waals surface area contributed by atoms with Crippen LogP contribution in [0.25, 0.3) is 0 Å². The highest BCUT2D eigenvalue weighted by molar-refractivity contribution is 5.97. The quantitative estimate of drug-likeness (QED) is 0.525. The van der Waals surface area contributed by atoms with E-state index in [1.165, 1.54) is 24.1 Å². The Bertz CT molecular complexity index is 1060. The first-order chi connectivity index (χ1) is 18.4. The lowest BCUT2D eigenvalue weighted by Crippen LogP contribution is -2.64. The fourth-order valence-corrected chi connectivity index (χ4v) is 5.91. The van der Waals surface area contributed by atoms with Crippen molar-refractivity contribution in [3.05, 3.63) is 23.5 Å². The van der Waals surface area contributed by atoms with Crippen molar-refractivity contribution in [2.24, 2.45) is 0 Å². The lowest BCUT2D eigenvalue weighted by atomic mass is 9.91. The van der Waals surface area contributed by atoms with Gasteiger partial charge in [-0.15, -0.1) is 0 Å². The van der Waals surface area contributed by atoms with Gasteiger partial charge in [0, 0.05) is 75.5 Å². The molecule has 0 unspecified atom stereocenters. The predicted octanol–water partition coefficient (Wildman–Crippen LogP) is 2.61. The number of hydrogen-bond acceptors (Lipinski definition) is 7. The summed E-state index contributed by atoms with van der Waals surface area (Å²) in [6.07, 6.45) is -0.122. The number of carboxylic acid groups (broad SMARTS) is 1. The van der Waals surface area contributed by atoms with Gasteiger partial charge in [0.05, 0.1) is 43.8 Å². The molecular weight excluding hydrogens is 512 g/mol. The van der Waals surface area contributed by atoms with Gasteiger partial charge in [-0.3, -0.25) is 19.6 Å². The second kappa shape index (κ2) is 11.6. The van der Waals surface area contributed by atoms with Gasteiger partial charge < -0.3 is 24.4 Å². The van der Waals surface area contributed by atoms with Crippen LogP contribution in [0.1, 0.15) is 45.4 Å². The first-order valence-electron chi connectivity index (χ1n) is 13.6. The third-order valence-electron chi connectivity index (χ3n) is 8.21. The monoisotopic (exact) mass is 553 g/mol. The number of halogens is 2. The maximum absolute atomic E-state index is 14.5. The molecule has 0 bridgehead atoms. The Morgan fingerprint density at radius 2 is 2.00 bits per heavy atom. The summed E-state index contributed by atoms with van der Waals surface area (Å²) in [7, 11) is 1.64. The largest absolute Gasteiger partial charge is 0.465 e. The number of anilines is 1. The van der Waals surface area contributed by atoms with Crippen molar-refractivity contribution in [3.63, 3.8) is 0 Å². The summed E-state index contributed by atoms with van der Waals surface area (Å²) in [4.78, 5) is 37.4. The Kier molecular flexibility index (Phi) is 8.79. The Labute approximate surface area is 228 Å². The van der Waals surface area contributed by atoms with Crippen molar-refractivity contribution in [3.8, 4) is 0 Å². The number of carbonyl (C=O) groups is 2. The number of hydrogen-bond donors (Lipinski definition) is 1. The Morgan fingerprint density at radius 1 is 1.26 bits per heavy atom. The van der Waals surface area contributed by atoms with Gasteiger partial charge in [-0.1, -0.05) is 20.8 Å². The zero-order chi connectivity index (χ0) is 28.5. The topological polar surface area (TPSA) is 98.7 Å². The van der Waals surface area contributed by atoms with Crippen LogP contribution in [0, 0.1) is 0 Å². The van der Waals surface area contributed by atoms with E-state index in [0.717, 1.165) is 0 Å². The second-order valence-corrected chi connectivity index (χ2v) is 11.6. The summed E-state index contributed by atoms with van der Waals surface area (Å²) < 4.78 is 40.0. The van der Waals surface area contributed by atoms with Crippen molar-refractivity contribution >= 4 is 17.7 Å². The minimum absolute atomic E-state index is 0.0370. The van der Waals surface area contributed by atoms with Gasteiger partial charge in [-0.25, -0.2) is 13.6 Å². The molecule has 1 N–H and O–H groups in total. The first kappa shape index (κ1) is 29.6. The molecule has 3 atom stereocenters. The lowest BCUT2D eigenvalue weighted by molar-refractivity contribution is -0.122. The third-order valence-corrected chi connectivity index (χ3v) is 8.21. The van der Waals surface area contributed by atoms with E-state index in [4.69, 9.17) is 9.47 Å². The molecule has 0 radical (unpaired) electrons. The lowest BCUT2D eigenvalue weighted by Gasteiger charge is -2.47. The smallest absolute Gasteiger partial charge is 0.407 e. The van der Waals surface area contributed by atoms with Crippen molar-refractivity contribution in [2.75, 3.05) is 71.1 Å². The summed E-state index contributed by atoms with van der Waals surface area (Å²) in [6.45, 7) is 11.0. The molecule has 0 aromatic carbocycles. The van der Waals surface area contributed by atoms with Crippen molar-refractivity contribution < 1.29 is 33.0 Å². The number of rotatable bonds is 8. The van der Waals surface area contributed by atoms with E-state index in [1.54, 1.807) is 12.0 Å². The highest BCUT2D eigenvalue weighted by atomic mass is 19.3. The van der Waals surface area contributed by atoms with Crippen LogP contribution in [-0.4, -0.2) is 121 Å². The molecule has 3 aliphatic heterocycles. The van der Waals surface area contributed by atoms with Gasteiger partial charge >= 0.3 is 6.09 Å². The number of fused-ring (bicyclic) bond motifs is 1. The Morgan fingerprint density at radius 3 is 2.67 bits per heavy atom. The van der Waals surface area contributed by atoms with Crippen LogP contribution in [-0.2, 0) is 25.6 Å². The van der Waals surface area contributed by atoms with Crippen LogP contribution in [0.15, 0.2) is 12.3 Å². The van der Waals surface area contributed by atoms with Crippen LogP contribution in [0.5, 0.6) is 0 Å². The van der Waals surface area contributed by atoms with Crippen LogP contribution in [0.3, 0.4) is 0 Å². The molecule has 12 heteroatoms. The van der Waals surface area contributed by atoms with E-state index in [0.29, 0.717) is 57.4 Å². The molecule has 39 heavy (non-hydrogen) atoms. The van der Waals surface area contributed by atoms with Gasteiger partial charge in [-0.05, 0) is 13.0 Å². The number of amides is 2. The third kappa shape index (κ3) is 6.18. The van der Waals surface area contributed by atoms with Gasteiger partial charge in [0.1, 0.15) is 0 Å². The molecule has 4 heterocycles. The molecule has 2 amide bonds. The van der Waals surface area contributed by atoms with Crippen LogP contribution >= 0.6 is 0 Å². The average molecular weight is 554 g/mol. The van der Waals surface area contributed by atoms with E-state index in [-0.39, 0.29) is 49.1 Å². The number of aromatic nitrogens is 1. The van der Waals surface area contributed by atoms with Gasteiger partial charge in [-0.2, -0.15) is 0 Å². The number of carbonyl (C=O) groups excluding carboxylic acids is 1. The highest BCUT2D eigenvalue weighted by Gasteiger charge is 2.43. The maximum Gasteiger partial charge on any atom is 0.407 e. The van der Waals surface area contributed by atoms with Gasteiger partial charge in [0.25, 0.3) is 5.92 Å². The first-order valence-corrected chi connectivity index (χ1v) is 13.6. The summed E-state index contributed by atoms with van der Waals surface area (Å²) in [5.74, 6) is -3.24. The number of morpholine rings is 1. The standard InChI is InChI=1S/C27H41F2N5O5/c1-6-27(28,29)19-9-22-24(30-10-19)26(3,4)17-34(22)23(35)14-32-11-18(2)33(25(36)37)13-20(32)12-31-7-8-39-16-21(31)15-38-5/h9-10,18,20-21H,6-8,11-17H2,1-5H3,(H,36,37)/t18-,20+,21-/m1/s1. The molecule has 0 spiro atoms. The van der Waals surface area contributed by atoms with Gasteiger partial charge in [0.2, 0.25) is 5.91 Å². The summed E-state index contributed by atoms with van der Waals surface area (Å²) >= 11 is 0. The van der Waals surface area contributed by atoms with Gasteiger partial charge in [0.15, 0.2) is 0 Å². The van der Waals surface area contributed by atoms with Crippen molar-refractivity contribution in [1.82, 2.24) is 19.7 Å². The number of methoxy groups -OCH3 is 1. The SMILES string of the molecule is CCC(F)(F)c1cnc2c(c1)N(C(=O)CN1C[C@@H](C)N(C(=O)O)C[C@@H]1CN1CCOC[C@H]1COC)CC2(C)C. The fraction of sp³-hybridized carbons (Fsp3) is 0.741. The Hall–Kier alpha value is -2.41. The molecule has 218 valence electrons. The predicted molar refractivity (Wildman–Crippen MR) is 141 cm³/mol. The molecular formula is C27H41F2N5O5. The van der Waals surface area contributed by atoms with Crippen molar-refractivity contribution in [1.29, 1.82) is 0 Å². The van der Waals surface area contributed by atoms with Crippen molar-refractivity contribution in [2.45, 2.75) is 63.6 Å². The number of ether oxygens (including phenoxy) is 2. The molecule has 10 nitrogen and oxygen atoms in total. The Balaban J connectivity index is 1.58. The van der Waals surface area contributed by atoms with Crippen LogP contribution < -0.4 is 4.90 Å². The minimum atomic E-state index is -3.03. The highest BCUT2D eigenvalue weighted by Crippen LogP contribution is 2.42. The normalized spacial score (nSPS) is 26.1. The summed E-state index contributed by atoms with van der Waals surface area (Å²) in [5.41, 5.74) is 0.374. The number of pyridine rings is 1. The molecule has 4 rings (SSSR count). The average Bonchev–Trinajstić information content (AvgIpc) is 3.16. The number of alkyl halides is 2. The molecule has 3 aliphatic rings. The van der Waals surface area contributed by atoms with Crippen LogP contribution in [0.4, 0.5) is 19.3 Å². The fourth-order valence-electron chi connectivity index (χ4n) is 5.91. The van der Waals surface area contributed by atoms with E-state index in [2.05, 4.69) is 9.88 Å².